The minimum Gasteiger partial charge on any atom is -0.394 e. The van der Waals surface area contributed by atoms with Gasteiger partial charge in [0.1, 0.15) is 95.7 Å². The monoisotopic (exact) mass is 1210 g/mol. The minimum absolute atomic E-state index is 0.238. The van der Waals surface area contributed by atoms with E-state index < -0.39 is 190 Å². The molecule has 20 atom stereocenters. The summed E-state index contributed by atoms with van der Waals surface area (Å²) < 4.78 is 26.5. The van der Waals surface area contributed by atoms with E-state index in [9.17, 15) is 81.7 Å². The number of ether oxygens (including phenoxy) is 4. The molecule has 0 spiro atoms. The first-order valence-electron chi connectivity index (χ1n) is 26.5. The Morgan fingerprint density at radius 2 is 0.549 bits per heavy atom. The van der Waals surface area contributed by atoms with Crippen molar-refractivity contribution in [3.63, 3.8) is 0 Å². The summed E-state index contributed by atoms with van der Waals surface area (Å²) in [6.45, 7) is -4.39. The van der Waals surface area contributed by atoms with Crippen LogP contribution >= 0.6 is 50.5 Å². The first-order valence-corrected chi connectivity index (χ1v) is 28.2. The van der Waals surface area contributed by atoms with Crippen molar-refractivity contribution < 1.29 is 101 Å². The van der Waals surface area contributed by atoms with E-state index in [1.54, 1.807) is 84.9 Å². The van der Waals surface area contributed by atoms with Gasteiger partial charge >= 0.3 is 0 Å². The Morgan fingerprint density at radius 1 is 0.329 bits per heavy atom. The summed E-state index contributed by atoms with van der Waals surface area (Å²) in [6, 6.07) is 33.7. The fourth-order valence-electron chi connectivity index (χ4n) is 12.3. The van der Waals surface area contributed by atoms with Crippen molar-refractivity contribution in [3.8, 4) is 0 Å². The summed E-state index contributed by atoms with van der Waals surface area (Å²) in [6.07, 6.45) is -28.5. The molecule has 0 bridgehead atoms. The highest BCUT2D eigenvalue weighted by Gasteiger charge is 2.73. The molecule has 20 nitrogen and oxygen atoms in total. The lowest BCUT2D eigenvalue weighted by atomic mass is 9.66. The van der Waals surface area contributed by atoms with Crippen LogP contribution in [0.15, 0.2) is 133 Å². The van der Waals surface area contributed by atoms with Crippen molar-refractivity contribution in [2.45, 2.75) is 141 Å². The molecule has 4 aliphatic heterocycles. The average molecular weight is 1220 g/mol. The van der Waals surface area contributed by atoms with Crippen LogP contribution in [-0.4, -0.2) is 204 Å². The van der Waals surface area contributed by atoms with Crippen LogP contribution in [0.3, 0.4) is 0 Å². The predicted octanol–water partition coefficient (Wildman–Crippen LogP) is -1.64. The SMILES string of the molecule is OC[C@H]1O[C@@](S)(c2cc([C@]3(S)O[C@H](CO)[C@@H](O)[C@H](O)[C@]3(O)Cc3ccccc3)c([C@]3(S)O[C@H](CO)[C@@H](O)[C@H](O)[C@]3(O)Cc3ccccc3)c([C@]3(S)O[C@H](CO)[C@@H](O)[C@H](O)[C@]3(O)Cc3ccccc3)c2)[C@@](O)(Cc2ccccc2)[C@@H](O)[C@@H]1O. The Bertz CT molecular complexity index is 2880. The number of hydrogen-bond donors (Lipinski definition) is 20. The van der Waals surface area contributed by atoms with Gasteiger partial charge in [-0.2, -0.15) is 0 Å². The zero-order valence-electron chi connectivity index (χ0n) is 43.9. The predicted molar refractivity (Wildman–Crippen MR) is 305 cm³/mol. The molecule has 4 aliphatic rings. The summed E-state index contributed by atoms with van der Waals surface area (Å²) >= 11 is 20.7. The maximum absolute atomic E-state index is 13.8. The van der Waals surface area contributed by atoms with E-state index in [0.717, 1.165) is 12.1 Å². The molecule has 0 radical (unpaired) electrons. The molecule has 0 aromatic heterocycles. The molecule has 9 rings (SSSR count). The lowest BCUT2D eigenvalue weighted by Gasteiger charge is -2.60. The van der Waals surface area contributed by atoms with Crippen LogP contribution in [0, 0.1) is 0 Å². The van der Waals surface area contributed by atoms with Gasteiger partial charge in [0, 0.05) is 42.4 Å². The van der Waals surface area contributed by atoms with Crippen molar-refractivity contribution >= 4 is 50.5 Å². The van der Waals surface area contributed by atoms with E-state index in [4.69, 9.17) is 69.5 Å². The minimum atomic E-state index is -3.14. The average Bonchev–Trinajstić information content (AvgIpc) is 0.994. The number of aliphatic hydroxyl groups excluding tert-OH is 12. The third-order valence-electron chi connectivity index (χ3n) is 17.0. The third-order valence-corrected chi connectivity index (χ3v) is 19.9. The highest BCUT2D eigenvalue weighted by molar-refractivity contribution is 7.82. The summed E-state index contributed by atoms with van der Waals surface area (Å²) in [5.41, 5.74) is -13.9. The second kappa shape index (κ2) is 23.8. The topological polar surface area (TPSA) is 361 Å². The quantitative estimate of drug-likeness (QED) is 0.0493. The van der Waals surface area contributed by atoms with Gasteiger partial charge in [0.25, 0.3) is 0 Å². The van der Waals surface area contributed by atoms with E-state index in [-0.39, 0.29) is 16.7 Å². The number of hydrogen-bond acceptors (Lipinski definition) is 24. The van der Waals surface area contributed by atoms with E-state index in [1.165, 1.54) is 36.4 Å². The van der Waals surface area contributed by atoms with Crippen molar-refractivity contribution in [1.82, 2.24) is 0 Å². The van der Waals surface area contributed by atoms with E-state index in [2.05, 4.69) is 0 Å². The van der Waals surface area contributed by atoms with E-state index >= 15 is 0 Å². The molecule has 0 saturated carbocycles. The zero-order valence-corrected chi connectivity index (χ0v) is 47.4. The summed E-state index contributed by atoms with van der Waals surface area (Å²) in [4.78, 5) is -12.2. The molecule has 4 fully saturated rings. The largest absolute Gasteiger partial charge is 0.394 e. The van der Waals surface area contributed by atoms with Gasteiger partial charge in [0.15, 0.2) is 19.7 Å². The van der Waals surface area contributed by atoms with Crippen molar-refractivity contribution in [2.75, 3.05) is 26.4 Å². The van der Waals surface area contributed by atoms with Gasteiger partial charge in [-0.15, -0.1) is 50.5 Å². The van der Waals surface area contributed by atoms with Crippen LogP contribution < -0.4 is 0 Å². The molecular formula is C58H70O20S4. The molecule has 16 N–H and O–H groups in total. The molecule has 0 unspecified atom stereocenters. The maximum atomic E-state index is 13.8. The lowest BCUT2D eigenvalue weighted by molar-refractivity contribution is -0.303. The molecule has 4 heterocycles. The molecule has 5 aromatic carbocycles. The standard InChI is InChI=1S/C58H70O20S4/c59-27-38-43(63)47(67)51(71,23-31-13-5-1-6-14-31)55(79,75-38)35-21-36(56(80)52(72,24-32-15-7-2-8-16-32)48(68)44(64)39(28-60)76-56)42(58(82)54(74,26-34-19-11-4-12-20-34)50(70)46(66)41(30-62)78-58)37(22-35)57(81)53(73,25-33-17-9-3-10-18-33)49(69)45(65)40(29-61)77-57/h1-22,38-41,43-50,59-74,79-82H,23-30H2/t38-,39-,40-,41-,43-,44-,45-,46-,47+,48+,49+,50+,51-,52-,53-,54-,55-,56-,57-,58-/m1/s1. The van der Waals surface area contributed by atoms with Crippen molar-refractivity contribution in [3.05, 3.63) is 178 Å². The van der Waals surface area contributed by atoms with E-state index in [0.29, 0.717) is 5.56 Å². The van der Waals surface area contributed by atoms with Gasteiger partial charge < -0.3 is 101 Å². The van der Waals surface area contributed by atoms with Crippen LogP contribution in [0.2, 0.25) is 0 Å². The van der Waals surface area contributed by atoms with E-state index in [1.807, 2.05) is 0 Å². The van der Waals surface area contributed by atoms with Crippen LogP contribution in [-0.2, 0) is 64.4 Å². The van der Waals surface area contributed by atoms with Crippen LogP contribution in [0.1, 0.15) is 44.5 Å². The van der Waals surface area contributed by atoms with Crippen molar-refractivity contribution in [1.29, 1.82) is 0 Å². The molecule has 5 aromatic rings. The lowest BCUT2D eigenvalue weighted by Crippen LogP contribution is -2.74. The van der Waals surface area contributed by atoms with Gasteiger partial charge in [-0.05, 0) is 39.9 Å². The molecule has 0 amide bonds. The highest BCUT2D eigenvalue weighted by atomic mass is 32.1. The summed E-state index contributed by atoms with van der Waals surface area (Å²) in [5.74, 6) is 0. The number of rotatable bonds is 16. The second-order valence-corrected chi connectivity index (χ2v) is 24.5. The highest BCUT2D eigenvalue weighted by Crippen LogP contribution is 2.63. The second-order valence-electron chi connectivity index (χ2n) is 22.0. The Labute approximate surface area is 494 Å². The zero-order chi connectivity index (χ0) is 59.6. The van der Waals surface area contributed by atoms with Gasteiger partial charge in [-0.25, -0.2) is 0 Å². The molecule has 446 valence electrons. The smallest absolute Gasteiger partial charge is 0.169 e. The normalized spacial score (nSPS) is 41.5. The molecule has 24 heteroatoms. The molecule has 0 aliphatic carbocycles. The fraction of sp³-hybridized carbons (Fsp3) is 0.483. The number of benzene rings is 5. The first kappa shape index (κ1) is 63.2. The maximum Gasteiger partial charge on any atom is 0.169 e. The molecule has 82 heavy (non-hydrogen) atoms. The first-order chi connectivity index (χ1) is 38.7. The summed E-state index contributed by atoms with van der Waals surface area (Å²) in [7, 11) is 0. The number of thiol groups is 4. The van der Waals surface area contributed by atoms with Crippen LogP contribution in [0.4, 0.5) is 0 Å². The Kier molecular flexibility index (Phi) is 18.3. The van der Waals surface area contributed by atoms with Gasteiger partial charge in [-0.3, -0.25) is 0 Å². The Hall–Kier alpha value is -3.30. The van der Waals surface area contributed by atoms with Crippen molar-refractivity contribution in [2.24, 2.45) is 0 Å². The molecular weight excluding hydrogens is 1140 g/mol. The van der Waals surface area contributed by atoms with Crippen LogP contribution in [0.5, 0.6) is 0 Å². The van der Waals surface area contributed by atoms with Gasteiger partial charge in [0.05, 0.1) is 26.4 Å². The third kappa shape index (κ3) is 10.1. The fourth-order valence-corrected chi connectivity index (χ4v) is 14.4. The summed E-state index contributed by atoms with van der Waals surface area (Å²) in [5, 5.41) is 196. The Morgan fingerprint density at radius 3 is 0.805 bits per heavy atom. The van der Waals surface area contributed by atoms with Crippen LogP contribution in [0.25, 0.3) is 0 Å². The number of aliphatic hydroxyl groups is 16. The molecule has 4 saturated heterocycles. The Balaban J connectivity index is 1.53. The van der Waals surface area contributed by atoms with Gasteiger partial charge in [0.2, 0.25) is 0 Å². The van der Waals surface area contributed by atoms with Gasteiger partial charge in [-0.1, -0.05) is 121 Å².